The Balaban J connectivity index is 2.16. The highest BCUT2D eigenvalue weighted by atomic mass is 15.2. The van der Waals surface area contributed by atoms with Gasteiger partial charge in [-0.05, 0) is 46.6 Å². The maximum absolute atomic E-state index is 5.65. The first-order valence-corrected chi connectivity index (χ1v) is 7.09. The molecule has 0 aromatic carbocycles. The molecule has 1 aromatic rings. The molecule has 5 heteroatoms. The number of nitrogens with two attached hydrogens (primary N) is 1. The van der Waals surface area contributed by atoms with Crippen molar-refractivity contribution < 1.29 is 0 Å². The standard InChI is InChI=1S/C14H25N5/c1-11-16-12(18-14(2,3)6-7-15)10-13(17-11)19-8-4-5-9-19/h10H,4-9,15H2,1-3H3,(H,16,17,18). The second kappa shape index (κ2) is 5.74. The number of aromatic nitrogens is 2. The van der Waals surface area contributed by atoms with Gasteiger partial charge in [-0.3, -0.25) is 0 Å². The monoisotopic (exact) mass is 263 g/mol. The van der Waals surface area contributed by atoms with Crippen LogP contribution in [0.25, 0.3) is 0 Å². The van der Waals surface area contributed by atoms with Gasteiger partial charge in [0.2, 0.25) is 0 Å². The van der Waals surface area contributed by atoms with Crippen LogP contribution in [0.15, 0.2) is 6.07 Å². The Morgan fingerprint density at radius 1 is 1.32 bits per heavy atom. The van der Waals surface area contributed by atoms with Crippen molar-refractivity contribution in [1.82, 2.24) is 9.97 Å². The lowest BCUT2D eigenvalue weighted by Gasteiger charge is -2.27. The van der Waals surface area contributed by atoms with Gasteiger partial charge in [0.05, 0.1) is 0 Å². The maximum Gasteiger partial charge on any atom is 0.134 e. The fourth-order valence-electron chi connectivity index (χ4n) is 2.49. The predicted molar refractivity (Wildman–Crippen MR) is 79.6 cm³/mol. The van der Waals surface area contributed by atoms with E-state index in [0.717, 1.165) is 37.0 Å². The van der Waals surface area contributed by atoms with E-state index in [0.29, 0.717) is 6.54 Å². The summed E-state index contributed by atoms with van der Waals surface area (Å²) in [5.41, 5.74) is 5.60. The highest BCUT2D eigenvalue weighted by molar-refractivity contribution is 5.50. The lowest BCUT2D eigenvalue weighted by molar-refractivity contribution is 0.524. The number of nitrogens with zero attached hydrogens (tertiary/aromatic N) is 3. The molecule has 0 atom stereocenters. The van der Waals surface area contributed by atoms with Gasteiger partial charge in [0, 0.05) is 24.7 Å². The highest BCUT2D eigenvalue weighted by Gasteiger charge is 2.19. The van der Waals surface area contributed by atoms with E-state index in [1.54, 1.807) is 0 Å². The summed E-state index contributed by atoms with van der Waals surface area (Å²) in [5, 5.41) is 3.47. The lowest BCUT2D eigenvalue weighted by Crippen LogP contribution is -2.34. The van der Waals surface area contributed by atoms with Crippen LogP contribution in [0.4, 0.5) is 11.6 Å². The Bertz CT molecular complexity index is 424. The molecule has 2 heterocycles. The highest BCUT2D eigenvalue weighted by Crippen LogP contribution is 2.23. The molecule has 1 fully saturated rings. The van der Waals surface area contributed by atoms with E-state index in [-0.39, 0.29) is 5.54 Å². The third kappa shape index (κ3) is 3.80. The van der Waals surface area contributed by atoms with Crippen molar-refractivity contribution in [3.05, 3.63) is 11.9 Å². The normalized spacial score (nSPS) is 15.9. The molecule has 2 rings (SSSR count). The summed E-state index contributed by atoms with van der Waals surface area (Å²) >= 11 is 0. The summed E-state index contributed by atoms with van der Waals surface area (Å²) in [6.07, 6.45) is 3.42. The Labute approximate surface area is 115 Å². The molecule has 19 heavy (non-hydrogen) atoms. The Morgan fingerprint density at radius 3 is 2.63 bits per heavy atom. The smallest absolute Gasteiger partial charge is 0.134 e. The second-order valence-corrected chi connectivity index (χ2v) is 5.90. The number of hydrogen-bond donors (Lipinski definition) is 2. The molecule has 5 nitrogen and oxygen atoms in total. The molecule has 0 radical (unpaired) electrons. The summed E-state index contributed by atoms with van der Waals surface area (Å²) < 4.78 is 0. The molecule has 106 valence electrons. The zero-order valence-electron chi connectivity index (χ0n) is 12.2. The third-order valence-corrected chi connectivity index (χ3v) is 3.49. The largest absolute Gasteiger partial charge is 0.365 e. The van der Waals surface area contributed by atoms with Gasteiger partial charge in [-0.2, -0.15) is 0 Å². The van der Waals surface area contributed by atoms with E-state index < -0.39 is 0 Å². The second-order valence-electron chi connectivity index (χ2n) is 5.90. The zero-order valence-corrected chi connectivity index (χ0v) is 12.2. The molecule has 1 saturated heterocycles. The fourth-order valence-corrected chi connectivity index (χ4v) is 2.49. The van der Waals surface area contributed by atoms with Crippen molar-refractivity contribution in [2.75, 3.05) is 29.9 Å². The van der Waals surface area contributed by atoms with E-state index in [9.17, 15) is 0 Å². The molecular weight excluding hydrogens is 238 g/mol. The van der Waals surface area contributed by atoms with Crippen molar-refractivity contribution in [3.63, 3.8) is 0 Å². The van der Waals surface area contributed by atoms with Crippen molar-refractivity contribution in [2.45, 2.75) is 45.6 Å². The van der Waals surface area contributed by atoms with E-state index in [1.165, 1.54) is 12.8 Å². The number of anilines is 2. The van der Waals surface area contributed by atoms with Crippen molar-refractivity contribution in [1.29, 1.82) is 0 Å². The van der Waals surface area contributed by atoms with Gasteiger partial charge in [-0.15, -0.1) is 0 Å². The molecule has 1 aliphatic rings. The van der Waals surface area contributed by atoms with Crippen LogP contribution in [0, 0.1) is 6.92 Å². The molecule has 0 amide bonds. The minimum absolute atomic E-state index is 0.0438. The van der Waals surface area contributed by atoms with E-state index in [4.69, 9.17) is 5.73 Å². The van der Waals surface area contributed by atoms with Crippen molar-refractivity contribution >= 4 is 11.6 Å². The Morgan fingerprint density at radius 2 is 2.00 bits per heavy atom. The van der Waals surface area contributed by atoms with Gasteiger partial charge in [0.1, 0.15) is 17.5 Å². The average molecular weight is 263 g/mol. The van der Waals surface area contributed by atoms with Gasteiger partial charge in [0.15, 0.2) is 0 Å². The molecule has 0 unspecified atom stereocenters. The Hall–Kier alpha value is -1.36. The summed E-state index contributed by atoms with van der Waals surface area (Å²) in [4.78, 5) is 11.4. The third-order valence-electron chi connectivity index (χ3n) is 3.49. The van der Waals surface area contributed by atoms with Crippen LogP contribution in [0.2, 0.25) is 0 Å². The number of nitrogens with one attached hydrogen (secondary N) is 1. The number of rotatable bonds is 5. The summed E-state index contributed by atoms with van der Waals surface area (Å²) in [7, 11) is 0. The number of aryl methyl sites for hydroxylation is 1. The predicted octanol–water partition coefficient (Wildman–Crippen LogP) is 1.92. The van der Waals surface area contributed by atoms with Crippen LogP contribution in [0.3, 0.4) is 0 Å². The molecule has 0 saturated carbocycles. The summed E-state index contributed by atoms with van der Waals surface area (Å²) in [6, 6.07) is 2.05. The fraction of sp³-hybridized carbons (Fsp3) is 0.714. The molecular formula is C14H25N5. The van der Waals surface area contributed by atoms with Crippen LogP contribution in [-0.2, 0) is 0 Å². The van der Waals surface area contributed by atoms with Gasteiger partial charge >= 0.3 is 0 Å². The van der Waals surface area contributed by atoms with Gasteiger partial charge in [0.25, 0.3) is 0 Å². The zero-order chi connectivity index (χ0) is 13.9. The van der Waals surface area contributed by atoms with E-state index >= 15 is 0 Å². The molecule has 0 bridgehead atoms. The summed E-state index contributed by atoms with van der Waals surface area (Å²) in [6.45, 7) is 9.10. The molecule has 3 N–H and O–H groups in total. The molecule has 1 aliphatic heterocycles. The van der Waals surface area contributed by atoms with Crippen molar-refractivity contribution in [3.8, 4) is 0 Å². The van der Waals surface area contributed by atoms with Crippen LogP contribution in [0.1, 0.15) is 38.9 Å². The van der Waals surface area contributed by atoms with Crippen LogP contribution in [0.5, 0.6) is 0 Å². The minimum atomic E-state index is -0.0438. The van der Waals surface area contributed by atoms with Crippen LogP contribution < -0.4 is 16.0 Å². The average Bonchev–Trinajstić information content (AvgIpc) is 2.80. The first-order valence-electron chi connectivity index (χ1n) is 7.09. The SMILES string of the molecule is Cc1nc(NC(C)(C)CCN)cc(N2CCCC2)n1. The van der Waals surface area contributed by atoms with Crippen LogP contribution in [-0.4, -0.2) is 35.1 Å². The first kappa shape index (κ1) is 14.1. The van der Waals surface area contributed by atoms with E-state index in [2.05, 4.69) is 40.1 Å². The number of hydrogen-bond acceptors (Lipinski definition) is 5. The Kier molecular flexibility index (Phi) is 4.24. The topological polar surface area (TPSA) is 67.1 Å². The van der Waals surface area contributed by atoms with Gasteiger partial charge < -0.3 is 16.0 Å². The van der Waals surface area contributed by atoms with E-state index in [1.807, 2.05) is 6.92 Å². The molecule has 0 aliphatic carbocycles. The minimum Gasteiger partial charge on any atom is -0.365 e. The van der Waals surface area contributed by atoms with Gasteiger partial charge in [-0.25, -0.2) is 9.97 Å². The maximum atomic E-state index is 5.65. The summed E-state index contributed by atoms with van der Waals surface area (Å²) in [5.74, 6) is 2.75. The molecule has 1 aromatic heterocycles. The first-order chi connectivity index (χ1) is 9.00. The quantitative estimate of drug-likeness (QED) is 0.849. The molecule has 0 spiro atoms. The lowest BCUT2D eigenvalue weighted by atomic mass is 10.0. The van der Waals surface area contributed by atoms with Crippen molar-refractivity contribution in [2.24, 2.45) is 5.73 Å². The van der Waals surface area contributed by atoms with Crippen LogP contribution >= 0.6 is 0 Å². The van der Waals surface area contributed by atoms with Gasteiger partial charge in [-0.1, -0.05) is 0 Å².